The van der Waals surface area contributed by atoms with Crippen molar-refractivity contribution in [2.24, 2.45) is 5.92 Å². The minimum absolute atomic E-state index is 0.0497. The van der Waals surface area contributed by atoms with Crippen molar-refractivity contribution in [2.75, 3.05) is 6.61 Å². The van der Waals surface area contributed by atoms with Crippen LogP contribution < -0.4 is 0 Å². The summed E-state index contributed by atoms with van der Waals surface area (Å²) in [6.07, 6.45) is 3.02. The van der Waals surface area contributed by atoms with Crippen LogP contribution in [0.1, 0.15) is 45.5 Å². The van der Waals surface area contributed by atoms with Crippen molar-refractivity contribution < 1.29 is 13.2 Å². The van der Waals surface area contributed by atoms with Crippen LogP contribution in [0.4, 0.5) is 0 Å². The van der Waals surface area contributed by atoms with Crippen molar-refractivity contribution in [2.45, 2.75) is 57.3 Å². The third-order valence-corrected chi connectivity index (χ3v) is 4.66. The molecule has 0 unspecified atom stereocenters. The molecule has 0 saturated heterocycles. The molecular formula is C12H20ClN3O3S. The van der Waals surface area contributed by atoms with E-state index in [0.29, 0.717) is 24.3 Å². The first-order valence-electron chi connectivity index (χ1n) is 6.83. The van der Waals surface area contributed by atoms with E-state index in [2.05, 4.69) is 10.2 Å². The fourth-order valence-corrected chi connectivity index (χ4v) is 3.61. The summed E-state index contributed by atoms with van der Waals surface area (Å²) in [5.41, 5.74) is 0. The largest absolute Gasteiger partial charge is 0.378 e. The zero-order valence-electron chi connectivity index (χ0n) is 11.9. The lowest BCUT2D eigenvalue weighted by atomic mass is 9.80. The van der Waals surface area contributed by atoms with Crippen molar-refractivity contribution in [3.63, 3.8) is 0 Å². The number of rotatable bonds is 6. The Morgan fingerprint density at radius 3 is 2.55 bits per heavy atom. The Morgan fingerprint density at radius 2 is 2.05 bits per heavy atom. The van der Waals surface area contributed by atoms with Crippen molar-refractivity contribution in [1.82, 2.24) is 14.8 Å². The number of hydrogen-bond acceptors (Lipinski definition) is 5. The molecule has 6 nitrogen and oxygen atoms in total. The van der Waals surface area contributed by atoms with Gasteiger partial charge in [0.05, 0.1) is 6.10 Å². The Labute approximate surface area is 123 Å². The Hall–Kier alpha value is -0.660. The molecule has 0 spiro atoms. The number of ether oxygens (including phenoxy) is 1. The summed E-state index contributed by atoms with van der Waals surface area (Å²) in [7, 11) is 1.53. The van der Waals surface area contributed by atoms with Gasteiger partial charge < -0.3 is 4.74 Å². The van der Waals surface area contributed by atoms with Crippen LogP contribution in [0.3, 0.4) is 0 Å². The van der Waals surface area contributed by atoms with Gasteiger partial charge in [0.15, 0.2) is 0 Å². The van der Waals surface area contributed by atoms with E-state index in [-0.39, 0.29) is 11.2 Å². The number of halogens is 1. The fourth-order valence-electron chi connectivity index (χ4n) is 2.60. The quantitative estimate of drug-likeness (QED) is 0.750. The zero-order chi connectivity index (χ0) is 14.9. The highest BCUT2D eigenvalue weighted by molar-refractivity contribution is 8.13. The molecule has 2 rings (SSSR count). The van der Waals surface area contributed by atoms with Crippen LogP contribution in [-0.2, 0) is 20.2 Å². The molecule has 0 atom stereocenters. The monoisotopic (exact) mass is 321 g/mol. The first kappa shape index (κ1) is 15.7. The van der Waals surface area contributed by atoms with Gasteiger partial charge in [-0.15, -0.1) is 10.2 Å². The van der Waals surface area contributed by atoms with E-state index < -0.39 is 9.05 Å². The summed E-state index contributed by atoms with van der Waals surface area (Å²) < 4.78 is 30.1. The molecular weight excluding hydrogens is 302 g/mol. The minimum Gasteiger partial charge on any atom is -0.378 e. The van der Waals surface area contributed by atoms with Crippen molar-refractivity contribution in [1.29, 1.82) is 0 Å². The number of hydrogen-bond donors (Lipinski definition) is 0. The summed E-state index contributed by atoms with van der Waals surface area (Å²) in [6, 6.07) is -0.0497. The van der Waals surface area contributed by atoms with Gasteiger partial charge in [-0.2, -0.15) is 0 Å². The van der Waals surface area contributed by atoms with Gasteiger partial charge in [0.2, 0.25) is 0 Å². The summed E-state index contributed by atoms with van der Waals surface area (Å²) in [5, 5.41) is 7.58. The lowest BCUT2D eigenvalue weighted by Crippen LogP contribution is -2.33. The Kier molecular flexibility index (Phi) is 4.71. The Morgan fingerprint density at radius 1 is 1.40 bits per heavy atom. The van der Waals surface area contributed by atoms with Crippen LogP contribution in [0.25, 0.3) is 0 Å². The van der Waals surface area contributed by atoms with Crippen molar-refractivity contribution in [3.8, 4) is 0 Å². The van der Waals surface area contributed by atoms with E-state index in [9.17, 15) is 8.42 Å². The molecule has 1 heterocycles. The Balaban J connectivity index is 2.12. The van der Waals surface area contributed by atoms with Gasteiger partial charge in [0, 0.05) is 29.8 Å². The molecule has 0 bridgehead atoms. The topological polar surface area (TPSA) is 74.1 Å². The summed E-state index contributed by atoms with van der Waals surface area (Å²) in [4.78, 5) is 0. The van der Waals surface area contributed by atoms with Crippen LogP contribution in [0.15, 0.2) is 5.16 Å². The van der Waals surface area contributed by atoms with Crippen LogP contribution in [0, 0.1) is 5.92 Å². The van der Waals surface area contributed by atoms with Gasteiger partial charge in [-0.25, -0.2) is 8.42 Å². The third-order valence-electron chi connectivity index (χ3n) is 3.54. The van der Waals surface area contributed by atoms with Gasteiger partial charge in [-0.3, -0.25) is 4.57 Å². The second-order valence-electron chi connectivity index (χ2n) is 5.42. The van der Waals surface area contributed by atoms with Gasteiger partial charge in [-0.05, 0) is 39.5 Å². The van der Waals surface area contributed by atoms with E-state index in [1.54, 1.807) is 4.57 Å². The van der Waals surface area contributed by atoms with E-state index in [1.165, 1.54) is 0 Å². The molecule has 8 heteroatoms. The maximum atomic E-state index is 11.5. The third kappa shape index (κ3) is 3.32. The highest BCUT2D eigenvalue weighted by Crippen LogP contribution is 2.33. The van der Waals surface area contributed by atoms with Crippen LogP contribution in [0.2, 0.25) is 0 Å². The van der Waals surface area contributed by atoms with Gasteiger partial charge in [0.1, 0.15) is 5.82 Å². The highest BCUT2D eigenvalue weighted by atomic mass is 35.7. The summed E-state index contributed by atoms with van der Waals surface area (Å²) in [6.45, 7) is 6.50. The molecule has 20 heavy (non-hydrogen) atoms. The first-order chi connectivity index (χ1) is 9.32. The normalized spacial score (nSPS) is 23.1. The molecule has 1 aliphatic rings. The number of nitrogens with zero attached hydrogens (tertiary/aromatic N) is 3. The Bertz CT molecular complexity index is 565. The second-order valence-corrected chi connectivity index (χ2v) is 7.88. The van der Waals surface area contributed by atoms with E-state index in [0.717, 1.165) is 19.4 Å². The van der Waals surface area contributed by atoms with Crippen LogP contribution in [-0.4, -0.2) is 35.9 Å². The van der Waals surface area contributed by atoms with Crippen molar-refractivity contribution >= 4 is 19.7 Å². The maximum absolute atomic E-state index is 11.5. The zero-order valence-corrected chi connectivity index (χ0v) is 13.5. The lowest BCUT2D eigenvalue weighted by molar-refractivity contribution is -0.0248. The predicted octanol–water partition coefficient (Wildman–Crippen LogP) is 2.14. The average molecular weight is 322 g/mol. The fraction of sp³-hybridized carbons (Fsp3) is 0.833. The summed E-state index contributed by atoms with van der Waals surface area (Å²) in [5.74, 6) is 1.15. The standard InChI is InChI=1S/C12H20ClN3O3S/c1-4-19-10-5-9(6-10)7-11-14-15-12(20(13,17)18)16(11)8(2)3/h8-10H,4-7H2,1-3H3. The van der Waals surface area contributed by atoms with Gasteiger partial charge in [0.25, 0.3) is 14.2 Å². The molecule has 0 aliphatic heterocycles. The number of aromatic nitrogens is 3. The van der Waals surface area contributed by atoms with Gasteiger partial charge in [-0.1, -0.05) is 0 Å². The molecule has 0 N–H and O–H groups in total. The molecule has 1 aliphatic carbocycles. The van der Waals surface area contributed by atoms with E-state index in [1.807, 2.05) is 20.8 Å². The SMILES string of the molecule is CCOC1CC(Cc2nnc(S(=O)(=O)Cl)n2C(C)C)C1. The molecule has 1 saturated carbocycles. The van der Waals surface area contributed by atoms with Crippen LogP contribution >= 0.6 is 10.7 Å². The highest BCUT2D eigenvalue weighted by Gasteiger charge is 2.32. The van der Waals surface area contributed by atoms with Crippen LogP contribution in [0.5, 0.6) is 0 Å². The summed E-state index contributed by atoms with van der Waals surface area (Å²) >= 11 is 0. The molecule has 1 aromatic rings. The molecule has 1 fully saturated rings. The van der Waals surface area contributed by atoms with Crippen molar-refractivity contribution in [3.05, 3.63) is 5.82 Å². The second kappa shape index (κ2) is 5.99. The van der Waals surface area contributed by atoms with E-state index in [4.69, 9.17) is 15.4 Å². The lowest BCUT2D eigenvalue weighted by Gasteiger charge is -2.34. The molecule has 114 valence electrons. The molecule has 0 radical (unpaired) electrons. The maximum Gasteiger partial charge on any atom is 0.296 e. The first-order valence-corrected chi connectivity index (χ1v) is 9.13. The molecule has 0 aromatic carbocycles. The molecule has 0 amide bonds. The predicted molar refractivity (Wildman–Crippen MR) is 75.3 cm³/mol. The minimum atomic E-state index is -3.86. The van der Waals surface area contributed by atoms with Gasteiger partial charge >= 0.3 is 0 Å². The smallest absolute Gasteiger partial charge is 0.296 e. The van der Waals surface area contributed by atoms with E-state index >= 15 is 0 Å². The molecule has 1 aromatic heterocycles. The average Bonchev–Trinajstić information content (AvgIpc) is 2.69.